The Morgan fingerprint density at radius 1 is 0.685 bits per heavy atom. The fraction of sp³-hybridized carbons (Fsp3) is 0.463. The van der Waals surface area contributed by atoms with Gasteiger partial charge in [0.1, 0.15) is 23.7 Å². The first-order chi connectivity index (χ1) is 26.0. The third kappa shape index (κ3) is 8.19. The normalized spacial score (nSPS) is 18.2. The van der Waals surface area contributed by atoms with Crippen LogP contribution in [0.15, 0.2) is 60.9 Å². The summed E-state index contributed by atoms with van der Waals surface area (Å²) >= 11 is 0. The highest BCUT2D eigenvalue weighted by molar-refractivity contribution is 5.89. The lowest BCUT2D eigenvalue weighted by atomic mass is 10.0. The van der Waals surface area contributed by atoms with Crippen LogP contribution in [0.1, 0.15) is 90.5 Å². The van der Waals surface area contributed by atoms with Crippen LogP contribution in [0.5, 0.6) is 0 Å². The smallest absolute Gasteiger partial charge is 0.315 e. The van der Waals surface area contributed by atoms with Gasteiger partial charge in [0.2, 0.25) is 17.7 Å². The fourth-order valence-electron chi connectivity index (χ4n) is 7.49. The highest BCUT2D eigenvalue weighted by Gasteiger charge is 2.38. The molecule has 0 aliphatic carbocycles. The Hall–Kier alpha value is -5.46. The molecule has 13 heteroatoms. The van der Waals surface area contributed by atoms with E-state index in [0.29, 0.717) is 19.5 Å². The summed E-state index contributed by atoms with van der Waals surface area (Å²) in [5.41, 5.74) is 5.88. The van der Waals surface area contributed by atoms with Gasteiger partial charge in [0.25, 0.3) is 0 Å². The number of aromatic nitrogens is 4. The molecule has 4 aromatic rings. The summed E-state index contributed by atoms with van der Waals surface area (Å²) < 4.78 is 0. The number of urea groups is 1. The molecule has 5 N–H and O–H groups in total. The second-order valence-electron chi connectivity index (χ2n) is 15.0. The molecule has 2 aromatic heterocycles. The number of hydrogen-bond donors (Lipinski definition) is 5. The van der Waals surface area contributed by atoms with Gasteiger partial charge in [-0.1, -0.05) is 83.1 Å². The van der Waals surface area contributed by atoms with Crippen molar-refractivity contribution in [1.82, 2.24) is 45.7 Å². The monoisotopic (exact) mass is 735 g/mol. The minimum atomic E-state index is -0.621. The quantitative estimate of drug-likeness (QED) is 0.120. The summed E-state index contributed by atoms with van der Waals surface area (Å²) in [7, 11) is 1.54. The standard InChI is InChI=1S/C41H53N9O4/c1-7-34(51)47-35(24(2)3)39(52)49-20-8-10-32(49)37-43-22-30(45-37)28-16-12-26(13-17-28)27-14-18-29(19-15-27)31-23-44-38(46-31)33-11-9-21-50(33)40(53)36(25(4)5)48-41(54)42-6/h12-19,22-25,32-33,35-36H,7-11,20-21H2,1-6H3,(H,43,45)(H,44,46)(H,47,51)(H2,42,48,54)/t32-,33?,35-,36-/m0/s1. The zero-order chi connectivity index (χ0) is 38.5. The molecule has 1 unspecified atom stereocenters. The van der Waals surface area contributed by atoms with Gasteiger partial charge in [-0.25, -0.2) is 14.8 Å². The Balaban J connectivity index is 1.11. The molecule has 286 valence electrons. The van der Waals surface area contributed by atoms with Crippen molar-refractivity contribution in [2.45, 2.75) is 90.9 Å². The maximum atomic E-state index is 13.6. The van der Waals surface area contributed by atoms with Gasteiger partial charge in [0.15, 0.2) is 0 Å². The Labute approximate surface area is 317 Å². The number of rotatable bonds is 12. The number of aromatic amines is 2. The van der Waals surface area contributed by atoms with Crippen molar-refractivity contribution >= 4 is 23.8 Å². The van der Waals surface area contributed by atoms with Gasteiger partial charge < -0.3 is 35.7 Å². The molecule has 0 spiro atoms. The summed E-state index contributed by atoms with van der Waals surface area (Å²) in [5, 5.41) is 8.27. The number of amides is 5. The van der Waals surface area contributed by atoms with Gasteiger partial charge in [0.05, 0.1) is 35.9 Å². The highest BCUT2D eigenvalue weighted by atomic mass is 16.2. The first-order valence-electron chi connectivity index (χ1n) is 19.2. The van der Waals surface area contributed by atoms with E-state index in [1.54, 1.807) is 14.0 Å². The highest BCUT2D eigenvalue weighted by Crippen LogP contribution is 2.35. The Morgan fingerprint density at radius 2 is 1.09 bits per heavy atom. The lowest BCUT2D eigenvalue weighted by molar-refractivity contribution is -0.138. The minimum Gasteiger partial charge on any atom is -0.344 e. The van der Waals surface area contributed by atoms with E-state index in [2.05, 4.69) is 79.4 Å². The third-order valence-electron chi connectivity index (χ3n) is 10.6. The second kappa shape index (κ2) is 16.7. The molecular formula is C41H53N9O4. The van der Waals surface area contributed by atoms with Crippen LogP contribution < -0.4 is 16.0 Å². The molecule has 4 atom stereocenters. The van der Waals surface area contributed by atoms with Gasteiger partial charge in [-0.15, -0.1) is 0 Å². The summed E-state index contributed by atoms with van der Waals surface area (Å²) in [6.07, 6.45) is 7.34. The van der Waals surface area contributed by atoms with E-state index < -0.39 is 12.1 Å². The number of benzene rings is 2. The maximum absolute atomic E-state index is 13.6. The number of likely N-dealkylation sites (tertiary alicyclic amines) is 2. The molecular weight excluding hydrogens is 683 g/mol. The van der Waals surface area contributed by atoms with Crippen LogP contribution >= 0.6 is 0 Å². The van der Waals surface area contributed by atoms with E-state index in [0.717, 1.165) is 71.0 Å². The molecule has 2 fully saturated rings. The van der Waals surface area contributed by atoms with Crippen LogP contribution in [0.3, 0.4) is 0 Å². The molecule has 5 amide bonds. The third-order valence-corrected chi connectivity index (χ3v) is 10.6. The van der Waals surface area contributed by atoms with Crippen LogP contribution in [0.25, 0.3) is 33.6 Å². The predicted octanol–water partition coefficient (Wildman–Crippen LogP) is 5.97. The van der Waals surface area contributed by atoms with Crippen molar-refractivity contribution in [3.8, 4) is 33.6 Å². The van der Waals surface area contributed by atoms with Crippen molar-refractivity contribution in [2.75, 3.05) is 20.1 Å². The predicted molar refractivity (Wildman–Crippen MR) is 208 cm³/mol. The zero-order valence-electron chi connectivity index (χ0n) is 32.1. The fourth-order valence-corrected chi connectivity index (χ4v) is 7.49. The van der Waals surface area contributed by atoms with Crippen LogP contribution in [0.2, 0.25) is 0 Å². The molecule has 54 heavy (non-hydrogen) atoms. The molecule has 0 radical (unpaired) electrons. The molecule has 4 heterocycles. The van der Waals surface area contributed by atoms with Crippen molar-refractivity contribution in [3.63, 3.8) is 0 Å². The molecule has 6 rings (SSSR count). The van der Waals surface area contributed by atoms with Crippen molar-refractivity contribution < 1.29 is 19.2 Å². The summed E-state index contributed by atoms with van der Waals surface area (Å²) in [6, 6.07) is 14.7. The van der Waals surface area contributed by atoms with E-state index in [1.807, 2.05) is 49.9 Å². The van der Waals surface area contributed by atoms with Gasteiger partial charge in [0, 0.05) is 26.6 Å². The Bertz CT molecular complexity index is 1790. The van der Waals surface area contributed by atoms with Crippen LogP contribution in [0, 0.1) is 11.8 Å². The molecule has 2 aromatic carbocycles. The van der Waals surface area contributed by atoms with Gasteiger partial charge in [-0.2, -0.15) is 0 Å². The topological polar surface area (TPSA) is 168 Å². The van der Waals surface area contributed by atoms with E-state index in [4.69, 9.17) is 4.98 Å². The largest absolute Gasteiger partial charge is 0.344 e. The van der Waals surface area contributed by atoms with Gasteiger partial charge >= 0.3 is 6.03 Å². The molecule has 2 aliphatic rings. The average molecular weight is 736 g/mol. The van der Waals surface area contributed by atoms with Crippen LogP contribution in [-0.4, -0.2) is 85.7 Å². The number of nitrogens with one attached hydrogen (secondary N) is 5. The molecule has 2 saturated heterocycles. The van der Waals surface area contributed by atoms with E-state index in [-0.39, 0.29) is 47.7 Å². The van der Waals surface area contributed by atoms with Crippen LogP contribution in [0.4, 0.5) is 4.79 Å². The van der Waals surface area contributed by atoms with Crippen LogP contribution in [-0.2, 0) is 14.4 Å². The van der Waals surface area contributed by atoms with E-state index in [1.165, 1.54) is 0 Å². The van der Waals surface area contributed by atoms with Gasteiger partial charge in [-0.05, 0) is 59.8 Å². The lowest BCUT2D eigenvalue weighted by Gasteiger charge is -2.30. The summed E-state index contributed by atoms with van der Waals surface area (Å²) in [4.78, 5) is 71.3. The first kappa shape index (κ1) is 38.3. The Kier molecular flexibility index (Phi) is 11.8. The maximum Gasteiger partial charge on any atom is 0.315 e. The lowest BCUT2D eigenvalue weighted by Crippen LogP contribution is -2.53. The molecule has 0 saturated carbocycles. The summed E-state index contributed by atoms with van der Waals surface area (Å²) in [5.74, 6) is 1.14. The number of H-pyrrole nitrogens is 2. The first-order valence-corrected chi connectivity index (χ1v) is 19.2. The zero-order valence-corrected chi connectivity index (χ0v) is 32.1. The van der Waals surface area contributed by atoms with Crippen molar-refractivity contribution in [1.29, 1.82) is 0 Å². The van der Waals surface area contributed by atoms with E-state index >= 15 is 0 Å². The number of carbonyl (C=O) groups is 4. The number of imidazole rings is 2. The number of hydrogen-bond acceptors (Lipinski definition) is 6. The number of carbonyl (C=O) groups excluding carboxylic acids is 4. The van der Waals surface area contributed by atoms with E-state index in [9.17, 15) is 19.2 Å². The SMILES string of the molecule is CCC(=O)N[C@H](C(=O)N1CCC[C@H]1c1ncc(-c2ccc(-c3ccc(-c4cnc(C5CCCN5C(=O)[C@@H](NC(=O)NC)C(C)C)[nH]4)cc3)cc2)[nH]1)C(C)C. The molecule has 2 aliphatic heterocycles. The molecule has 13 nitrogen and oxygen atoms in total. The second-order valence-corrected chi connectivity index (χ2v) is 15.0. The molecule has 0 bridgehead atoms. The Morgan fingerprint density at radius 3 is 1.48 bits per heavy atom. The minimum absolute atomic E-state index is 0.0227. The number of nitrogens with zero attached hydrogens (tertiary/aromatic N) is 4. The summed E-state index contributed by atoms with van der Waals surface area (Å²) in [6.45, 7) is 10.8. The van der Waals surface area contributed by atoms with Crippen molar-refractivity contribution in [3.05, 3.63) is 72.6 Å². The average Bonchev–Trinajstić information content (AvgIpc) is 4.02. The van der Waals surface area contributed by atoms with Crippen molar-refractivity contribution in [2.24, 2.45) is 11.8 Å². The van der Waals surface area contributed by atoms with Gasteiger partial charge in [-0.3, -0.25) is 14.4 Å².